The maximum Gasteiger partial charge on any atom is 0.350 e. The SMILES string of the molecule is CCCOc1ccc(C(O)=C2C(=O)C(=O)N(c3nc(C)c(C(=O)OC)s3)C2c2ccc(C)cc2)cc1C. The zero-order valence-electron chi connectivity index (χ0n) is 21.3. The van der Waals surface area contributed by atoms with E-state index in [-0.39, 0.29) is 21.3 Å². The number of carbonyl (C=O) groups is 3. The van der Waals surface area contributed by atoms with E-state index in [2.05, 4.69) is 4.98 Å². The number of ketones is 1. The van der Waals surface area contributed by atoms with Crippen LogP contribution in [0.1, 0.15) is 57.0 Å². The molecule has 3 aromatic rings. The number of amides is 1. The van der Waals surface area contributed by atoms with E-state index in [4.69, 9.17) is 9.47 Å². The molecule has 1 aliphatic rings. The van der Waals surface area contributed by atoms with E-state index in [0.717, 1.165) is 28.9 Å². The van der Waals surface area contributed by atoms with Crippen LogP contribution >= 0.6 is 11.3 Å². The van der Waals surface area contributed by atoms with Gasteiger partial charge in [-0.2, -0.15) is 0 Å². The van der Waals surface area contributed by atoms with Gasteiger partial charge in [0.2, 0.25) is 0 Å². The van der Waals surface area contributed by atoms with E-state index in [1.165, 1.54) is 12.0 Å². The summed E-state index contributed by atoms with van der Waals surface area (Å²) in [6.07, 6.45) is 0.856. The van der Waals surface area contributed by atoms with Gasteiger partial charge < -0.3 is 14.6 Å². The molecule has 2 heterocycles. The second-order valence-electron chi connectivity index (χ2n) is 8.81. The highest BCUT2D eigenvalue weighted by Crippen LogP contribution is 2.44. The number of carbonyl (C=O) groups excluding carboxylic acids is 3. The van der Waals surface area contributed by atoms with Crippen molar-refractivity contribution in [2.45, 2.75) is 40.2 Å². The number of aliphatic hydroxyl groups excluding tert-OH is 1. The average molecular weight is 521 g/mol. The molecule has 1 saturated heterocycles. The van der Waals surface area contributed by atoms with Gasteiger partial charge in [0.25, 0.3) is 5.78 Å². The van der Waals surface area contributed by atoms with Gasteiger partial charge in [-0.15, -0.1) is 0 Å². The number of aryl methyl sites for hydroxylation is 3. The molecule has 0 spiro atoms. The zero-order valence-corrected chi connectivity index (χ0v) is 22.1. The highest BCUT2D eigenvalue weighted by molar-refractivity contribution is 7.17. The first kappa shape index (κ1) is 26.1. The molecule has 1 N–H and O–H groups in total. The first-order valence-corrected chi connectivity index (χ1v) is 12.7. The van der Waals surface area contributed by atoms with Gasteiger partial charge >= 0.3 is 11.9 Å². The number of aromatic nitrogens is 1. The Labute approximate surface area is 219 Å². The number of hydrogen-bond donors (Lipinski definition) is 1. The molecule has 1 amide bonds. The minimum Gasteiger partial charge on any atom is -0.507 e. The van der Waals surface area contributed by atoms with E-state index in [9.17, 15) is 19.5 Å². The number of anilines is 1. The number of thiazole rings is 1. The van der Waals surface area contributed by atoms with Gasteiger partial charge in [0.15, 0.2) is 5.13 Å². The van der Waals surface area contributed by atoms with Crippen LogP contribution in [0.15, 0.2) is 48.0 Å². The topological polar surface area (TPSA) is 106 Å². The Morgan fingerprint density at radius 1 is 1.11 bits per heavy atom. The molecule has 192 valence electrons. The lowest BCUT2D eigenvalue weighted by atomic mass is 9.94. The van der Waals surface area contributed by atoms with Crippen molar-refractivity contribution in [1.82, 2.24) is 4.98 Å². The second-order valence-corrected chi connectivity index (χ2v) is 9.79. The fraction of sp³-hybridized carbons (Fsp3) is 0.286. The summed E-state index contributed by atoms with van der Waals surface area (Å²) in [5.74, 6) is -1.86. The predicted molar refractivity (Wildman–Crippen MR) is 141 cm³/mol. The van der Waals surface area contributed by atoms with Crippen molar-refractivity contribution in [1.29, 1.82) is 0 Å². The standard InChI is InChI=1S/C28H28N2O6S/c1-6-13-36-20-12-11-19(14-16(20)3)23(31)21-22(18-9-7-15(2)8-10-18)30(26(33)24(21)32)28-29-17(4)25(37-28)27(34)35-5/h7-12,14,22,31H,6,13H2,1-5H3. The van der Waals surface area contributed by atoms with Gasteiger partial charge in [0.05, 0.1) is 31.0 Å². The van der Waals surface area contributed by atoms with Gasteiger partial charge in [-0.05, 0) is 56.5 Å². The third-order valence-corrected chi connectivity index (χ3v) is 7.25. The molecule has 9 heteroatoms. The van der Waals surface area contributed by atoms with Crippen LogP contribution in [-0.2, 0) is 14.3 Å². The van der Waals surface area contributed by atoms with Gasteiger partial charge in [-0.25, -0.2) is 9.78 Å². The van der Waals surface area contributed by atoms with E-state index in [1.54, 1.807) is 37.3 Å². The summed E-state index contributed by atoms with van der Waals surface area (Å²) in [4.78, 5) is 44.8. The van der Waals surface area contributed by atoms with Crippen LogP contribution in [0.4, 0.5) is 5.13 Å². The third kappa shape index (κ3) is 4.86. The van der Waals surface area contributed by atoms with Crippen LogP contribution in [0.25, 0.3) is 5.76 Å². The summed E-state index contributed by atoms with van der Waals surface area (Å²) in [6, 6.07) is 11.5. The largest absolute Gasteiger partial charge is 0.507 e. The molecular formula is C28H28N2O6S. The van der Waals surface area contributed by atoms with E-state index < -0.39 is 23.7 Å². The van der Waals surface area contributed by atoms with E-state index >= 15 is 0 Å². The molecule has 1 atom stereocenters. The molecule has 37 heavy (non-hydrogen) atoms. The number of methoxy groups -OCH3 is 1. The van der Waals surface area contributed by atoms with E-state index in [0.29, 0.717) is 29.2 Å². The van der Waals surface area contributed by atoms with Gasteiger partial charge in [-0.3, -0.25) is 14.5 Å². The fourth-order valence-corrected chi connectivity index (χ4v) is 5.20. The number of ether oxygens (including phenoxy) is 2. The molecular weight excluding hydrogens is 492 g/mol. The molecule has 1 unspecified atom stereocenters. The maximum absolute atomic E-state index is 13.4. The molecule has 2 aromatic carbocycles. The van der Waals surface area contributed by atoms with Crippen molar-refractivity contribution < 1.29 is 29.0 Å². The van der Waals surface area contributed by atoms with Crippen LogP contribution in [0.2, 0.25) is 0 Å². The minimum atomic E-state index is -0.937. The number of esters is 1. The summed E-state index contributed by atoms with van der Waals surface area (Å²) in [5.41, 5.74) is 3.13. The molecule has 0 radical (unpaired) electrons. The van der Waals surface area contributed by atoms with Gasteiger partial charge in [0.1, 0.15) is 16.4 Å². The van der Waals surface area contributed by atoms with E-state index in [1.807, 2.05) is 32.9 Å². The monoisotopic (exact) mass is 520 g/mol. The zero-order chi connectivity index (χ0) is 26.9. The first-order chi connectivity index (χ1) is 17.7. The highest BCUT2D eigenvalue weighted by atomic mass is 32.1. The Hall–Kier alpha value is -3.98. The highest BCUT2D eigenvalue weighted by Gasteiger charge is 2.48. The average Bonchev–Trinajstić information content (AvgIpc) is 3.39. The van der Waals surface area contributed by atoms with Gasteiger partial charge in [-0.1, -0.05) is 48.1 Å². The summed E-state index contributed by atoms with van der Waals surface area (Å²) < 4.78 is 10.6. The molecule has 4 rings (SSSR count). The van der Waals surface area contributed by atoms with Crippen LogP contribution in [-0.4, -0.2) is 41.5 Å². The number of rotatable bonds is 7. The first-order valence-electron chi connectivity index (χ1n) is 11.8. The maximum atomic E-state index is 13.4. The van der Waals surface area contributed by atoms with Crippen molar-refractivity contribution >= 4 is 39.9 Å². The Kier molecular flexibility index (Phi) is 7.45. The number of Topliss-reactive ketones (excluding diaryl/α,β-unsaturated/α-hetero) is 1. The number of benzene rings is 2. The summed E-state index contributed by atoms with van der Waals surface area (Å²) in [6.45, 7) is 7.99. The minimum absolute atomic E-state index is 0.0528. The molecule has 1 fully saturated rings. The van der Waals surface area contributed by atoms with Crippen molar-refractivity contribution in [2.75, 3.05) is 18.6 Å². The number of hydrogen-bond acceptors (Lipinski definition) is 8. The fourth-order valence-electron chi connectivity index (χ4n) is 4.19. The molecule has 1 aliphatic heterocycles. The molecule has 0 bridgehead atoms. The normalized spacial score (nSPS) is 16.8. The second kappa shape index (κ2) is 10.6. The van der Waals surface area contributed by atoms with Crippen molar-refractivity contribution in [3.8, 4) is 5.75 Å². The smallest absolute Gasteiger partial charge is 0.350 e. The Morgan fingerprint density at radius 3 is 2.43 bits per heavy atom. The lowest BCUT2D eigenvalue weighted by Gasteiger charge is -2.23. The van der Waals surface area contributed by atoms with Crippen LogP contribution in [0.3, 0.4) is 0 Å². The Balaban J connectivity index is 1.88. The predicted octanol–water partition coefficient (Wildman–Crippen LogP) is 5.27. The van der Waals surface area contributed by atoms with Crippen molar-refractivity contribution in [3.63, 3.8) is 0 Å². The van der Waals surface area contributed by atoms with Crippen molar-refractivity contribution in [3.05, 3.63) is 80.9 Å². The molecule has 8 nitrogen and oxygen atoms in total. The molecule has 0 aliphatic carbocycles. The molecule has 0 saturated carbocycles. The lowest BCUT2D eigenvalue weighted by Crippen LogP contribution is -2.29. The quantitative estimate of drug-likeness (QED) is 0.196. The summed E-state index contributed by atoms with van der Waals surface area (Å²) in [7, 11) is 1.26. The Bertz CT molecular complexity index is 1410. The summed E-state index contributed by atoms with van der Waals surface area (Å²) >= 11 is 0.965. The lowest BCUT2D eigenvalue weighted by molar-refractivity contribution is -0.132. The third-order valence-electron chi connectivity index (χ3n) is 6.11. The number of nitrogens with zero attached hydrogens (tertiary/aromatic N) is 2. The Morgan fingerprint density at radius 2 is 1.81 bits per heavy atom. The van der Waals surface area contributed by atoms with Gasteiger partial charge in [0, 0.05) is 5.56 Å². The van der Waals surface area contributed by atoms with Crippen LogP contribution in [0, 0.1) is 20.8 Å². The van der Waals surface area contributed by atoms with Crippen LogP contribution in [0.5, 0.6) is 5.75 Å². The van der Waals surface area contributed by atoms with Crippen molar-refractivity contribution in [2.24, 2.45) is 0 Å². The number of aliphatic hydroxyl groups is 1. The van der Waals surface area contributed by atoms with Crippen LogP contribution < -0.4 is 9.64 Å². The summed E-state index contributed by atoms with van der Waals surface area (Å²) in [5, 5.41) is 11.6. The molecule has 1 aromatic heterocycles.